The molecule has 1 aliphatic heterocycles. The van der Waals surface area contributed by atoms with Crippen LogP contribution in [0.5, 0.6) is 5.75 Å². The Bertz CT molecular complexity index is 717. The minimum Gasteiger partial charge on any atom is -0.484 e. The first kappa shape index (κ1) is 17.3. The summed E-state index contributed by atoms with van der Waals surface area (Å²) in [4.78, 5) is 14.0. The highest BCUT2D eigenvalue weighted by atomic mass is 19.1. The molecule has 25 heavy (non-hydrogen) atoms. The molecule has 1 aliphatic rings. The normalized spacial score (nSPS) is 17.8. The first-order chi connectivity index (χ1) is 12.0. The van der Waals surface area contributed by atoms with Gasteiger partial charge >= 0.3 is 0 Å². The molecule has 0 saturated carbocycles. The lowest BCUT2D eigenvalue weighted by Gasteiger charge is -2.31. The molecule has 134 valence electrons. The number of rotatable bonds is 5. The van der Waals surface area contributed by atoms with Crippen molar-refractivity contribution in [3.05, 3.63) is 41.9 Å². The van der Waals surface area contributed by atoms with E-state index in [1.54, 1.807) is 4.90 Å². The Morgan fingerprint density at radius 2 is 2.12 bits per heavy atom. The molecule has 0 spiro atoms. The Morgan fingerprint density at radius 1 is 1.36 bits per heavy atom. The van der Waals surface area contributed by atoms with Gasteiger partial charge in [0.25, 0.3) is 5.91 Å². The van der Waals surface area contributed by atoms with Gasteiger partial charge in [0, 0.05) is 12.5 Å². The molecular formula is C17H20FN3O4. The van der Waals surface area contributed by atoms with Crippen molar-refractivity contribution < 1.29 is 23.1 Å². The van der Waals surface area contributed by atoms with Gasteiger partial charge < -0.3 is 18.8 Å². The van der Waals surface area contributed by atoms with E-state index >= 15 is 0 Å². The fourth-order valence-electron chi connectivity index (χ4n) is 2.40. The molecular weight excluding hydrogens is 329 g/mol. The van der Waals surface area contributed by atoms with Crippen LogP contribution in [0.1, 0.15) is 37.7 Å². The van der Waals surface area contributed by atoms with Gasteiger partial charge in [-0.05, 0) is 24.3 Å². The van der Waals surface area contributed by atoms with E-state index in [0.717, 1.165) is 0 Å². The highest BCUT2D eigenvalue weighted by Gasteiger charge is 2.29. The highest BCUT2D eigenvalue weighted by molar-refractivity contribution is 5.77. The Labute approximate surface area is 144 Å². The Hall–Kier alpha value is -2.48. The second kappa shape index (κ2) is 7.60. The van der Waals surface area contributed by atoms with Gasteiger partial charge in [-0.15, -0.1) is 10.2 Å². The van der Waals surface area contributed by atoms with Crippen molar-refractivity contribution in [3.63, 3.8) is 0 Å². The predicted molar refractivity (Wildman–Crippen MR) is 85.6 cm³/mol. The molecule has 1 aromatic heterocycles. The van der Waals surface area contributed by atoms with Crippen molar-refractivity contribution in [3.8, 4) is 5.75 Å². The van der Waals surface area contributed by atoms with Crippen molar-refractivity contribution in [2.75, 3.05) is 26.3 Å². The molecule has 3 rings (SSSR count). The van der Waals surface area contributed by atoms with Crippen LogP contribution in [-0.4, -0.2) is 47.3 Å². The molecule has 1 fully saturated rings. The SMILES string of the molecule is CC(C)c1nnc([C@H]2CN(C(=O)COc3ccc(F)cc3)CCO2)o1. The van der Waals surface area contributed by atoms with Gasteiger partial charge in [-0.25, -0.2) is 4.39 Å². The van der Waals surface area contributed by atoms with E-state index in [9.17, 15) is 9.18 Å². The second-order valence-corrected chi connectivity index (χ2v) is 6.08. The molecule has 1 amide bonds. The summed E-state index contributed by atoms with van der Waals surface area (Å²) < 4.78 is 29.5. The van der Waals surface area contributed by atoms with Crippen molar-refractivity contribution in [1.82, 2.24) is 15.1 Å². The Kier molecular flexibility index (Phi) is 5.28. The van der Waals surface area contributed by atoms with Gasteiger partial charge in [0.1, 0.15) is 11.6 Å². The van der Waals surface area contributed by atoms with Crippen LogP contribution in [-0.2, 0) is 9.53 Å². The number of benzene rings is 1. The molecule has 7 nitrogen and oxygen atoms in total. The summed E-state index contributed by atoms with van der Waals surface area (Å²) in [5.41, 5.74) is 0. The first-order valence-electron chi connectivity index (χ1n) is 8.14. The number of nitrogens with zero attached hydrogens (tertiary/aromatic N) is 3. The lowest BCUT2D eigenvalue weighted by molar-refractivity contribution is -0.142. The third kappa shape index (κ3) is 4.33. The standard InChI is InChI=1S/C17H20FN3O4/c1-11(2)16-19-20-17(25-16)14-9-21(7-8-23-14)15(22)10-24-13-5-3-12(18)4-6-13/h3-6,11,14H,7-10H2,1-2H3/t14-/m1/s1. The largest absolute Gasteiger partial charge is 0.484 e. The Morgan fingerprint density at radius 3 is 2.80 bits per heavy atom. The van der Waals surface area contributed by atoms with E-state index < -0.39 is 6.10 Å². The third-order valence-electron chi connectivity index (χ3n) is 3.82. The van der Waals surface area contributed by atoms with Crippen molar-refractivity contribution in [2.24, 2.45) is 0 Å². The highest BCUT2D eigenvalue weighted by Crippen LogP contribution is 2.23. The van der Waals surface area contributed by atoms with E-state index in [0.29, 0.717) is 37.2 Å². The van der Waals surface area contributed by atoms with Gasteiger partial charge in [-0.2, -0.15) is 0 Å². The maximum Gasteiger partial charge on any atom is 0.260 e. The number of carbonyl (C=O) groups excluding carboxylic acids is 1. The fourth-order valence-corrected chi connectivity index (χ4v) is 2.40. The molecule has 8 heteroatoms. The molecule has 0 N–H and O–H groups in total. The maximum absolute atomic E-state index is 12.9. The van der Waals surface area contributed by atoms with Gasteiger partial charge in [-0.1, -0.05) is 13.8 Å². The van der Waals surface area contributed by atoms with Crippen molar-refractivity contribution in [1.29, 1.82) is 0 Å². The third-order valence-corrected chi connectivity index (χ3v) is 3.82. The molecule has 2 aromatic rings. The van der Waals surface area contributed by atoms with Gasteiger partial charge in [0.15, 0.2) is 12.7 Å². The van der Waals surface area contributed by atoms with E-state index in [1.807, 2.05) is 13.8 Å². The molecule has 0 bridgehead atoms. The average molecular weight is 349 g/mol. The molecule has 0 unspecified atom stereocenters. The number of hydrogen-bond acceptors (Lipinski definition) is 6. The van der Waals surface area contributed by atoms with Gasteiger partial charge in [-0.3, -0.25) is 4.79 Å². The number of halogens is 1. The number of hydrogen-bond donors (Lipinski definition) is 0. The molecule has 1 atom stereocenters. The summed E-state index contributed by atoms with van der Waals surface area (Å²) >= 11 is 0. The first-order valence-corrected chi connectivity index (χ1v) is 8.14. The van der Waals surface area contributed by atoms with Crippen molar-refractivity contribution in [2.45, 2.75) is 25.9 Å². The molecule has 0 aliphatic carbocycles. The molecule has 1 saturated heterocycles. The van der Waals surface area contributed by atoms with Crippen LogP contribution in [0.25, 0.3) is 0 Å². The summed E-state index contributed by atoms with van der Waals surface area (Å²) in [7, 11) is 0. The van der Waals surface area contributed by atoms with Crippen LogP contribution in [0.3, 0.4) is 0 Å². The molecule has 2 heterocycles. The lowest BCUT2D eigenvalue weighted by Crippen LogP contribution is -2.44. The van der Waals surface area contributed by atoms with E-state index in [1.165, 1.54) is 24.3 Å². The van der Waals surface area contributed by atoms with Crippen LogP contribution in [0.4, 0.5) is 4.39 Å². The number of ether oxygens (including phenoxy) is 2. The number of morpholine rings is 1. The number of aromatic nitrogens is 2. The zero-order chi connectivity index (χ0) is 17.8. The van der Waals surface area contributed by atoms with E-state index in [-0.39, 0.29) is 24.2 Å². The lowest BCUT2D eigenvalue weighted by atomic mass is 10.2. The summed E-state index contributed by atoms with van der Waals surface area (Å²) in [6.45, 7) is 4.97. The fraction of sp³-hybridized carbons (Fsp3) is 0.471. The van der Waals surface area contributed by atoms with Gasteiger partial charge in [0.05, 0.1) is 13.2 Å². The van der Waals surface area contributed by atoms with Gasteiger partial charge in [0.2, 0.25) is 11.8 Å². The van der Waals surface area contributed by atoms with Crippen LogP contribution in [0.2, 0.25) is 0 Å². The van der Waals surface area contributed by atoms with Crippen LogP contribution in [0, 0.1) is 5.82 Å². The van der Waals surface area contributed by atoms with Crippen molar-refractivity contribution >= 4 is 5.91 Å². The molecule has 1 aromatic carbocycles. The summed E-state index contributed by atoms with van der Waals surface area (Å²) in [5, 5.41) is 8.00. The minimum absolute atomic E-state index is 0.126. The monoisotopic (exact) mass is 349 g/mol. The number of amides is 1. The topological polar surface area (TPSA) is 77.7 Å². The Balaban J connectivity index is 1.56. The van der Waals surface area contributed by atoms with E-state index in [2.05, 4.69) is 10.2 Å². The maximum atomic E-state index is 12.9. The second-order valence-electron chi connectivity index (χ2n) is 6.08. The zero-order valence-electron chi connectivity index (χ0n) is 14.1. The average Bonchev–Trinajstić information content (AvgIpc) is 3.11. The zero-order valence-corrected chi connectivity index (χ0v) is 14.1. The van der Waals surface area contributed by atoms with Crippen LogP contribution < -0.4 is 4.74 Å². The predicted octanol–water partition coefficient (Wildman–Crippen LogP) is 2.31. The van der Waals surface area contributed by atoms with Crippen LogP contribution in [0.15, 0.2) is 28.7 Å². The van der Waals surface area contributed by atoms with E-state index in [4.69, 9.17) is 13.9 Å². The smallest absolute Gasteiger partial charge is 0.260 e. The minimum atomic E-state index is -0.441. The molecule has 0 radical (unpaired) electrons. The van der Waals surface area contributed by atoms with Crippen LogP contribution >= 0.6 is 0 Å². The number of carbonyl (C=O) groups is 1. The summed E-state index contributed by atoms with van der Waals surface area (Å²) in [5.74, 6) is 0.961. The summed E-state index contributed by atoms with van der Waals surface area (Å²) in [6, 6.07) is 5.53. The summed E-state index contributed by atoms with van der Waals surface area (Å²) in [6.07, 6.45) is -0.441. The quantitative estimate of drug-likeness (QED) is 0.824.